The lowest BCUT2D eigenvalue weighted by Crippen LogP contribution is -2.46. The van der Waals surface area contributed by atoms with Crippen molar-refractivity contribution in [2.75, 3.05) is 19.6 Å². The highest BCUT2D eigenvalue weighted by atomic mass is 16.3. The first-order valence-electron chi connectivity index (χ1n) is 8.45. The molecule has 2 heterocycles. The predicted molar refractivity (Wildman–Crippen MR) is 84.7 cm³/mol. The second-order valence-corrected chi connectivity index (χ2v) is 7.25. The molecule has 0 amide bonds. The first kappa shape index (κ1) is 13.6. The van der Waals surface area contributed by atoms with Gasteiger partial charge in [0, 0.05) is 24.2 Å². The molecule has 0 aromatic heterocycles. The molecule has 3 heteroatoms. The lowest BCUT2D eigenvalue weighted by molar-refractivity contribution is 0.0742. The Morgan fingerprint density at radius 2 is 2.10 bits per heavy atom. The third-order valence-corrected chi connectivity index (χ3v) is 6.01. The molecule has 1 aromatic carbocycles. The second kappa shape index (κ2) is 4.99. The van der Waals surface area contributed by atoms with E-state index in [1.54, 1.807) is 0 Å². The third-order valence-electron chi connectivity index (χ3n) is 6.01. The monoisotopic (exact) mass is 286 g/mol. The number of likely N-dealkylation sites (tertiary alicyclic amines) is 1. The third kappa shape index (κ3) is 2.01. The predicted octanol–water partition coefficient (Wildman–Crippen LogP) is 2.93. The van der Waals surface area contributed by atoms with Crippen molar-refractivity contribution in [1.29, 1.82) is 0 Å². The number of phenolic OH excluding ortho intramolecular Hbond substituents is 1. The molecule has 3 nitrogen and oxygen atoms in total. The van der Waals surface area contributed by atoms with E-state index in [0.29, 0.717) is 23.8 Å². The Bertz CT molecular complexity index is 556. The molecule has 4 unspecified atom stereocenters. The van der Waals surface area contributed by atoms with Gasteiger partial charge in [-0.15, -0.1) is 0 Å². The highest BCUT2D eigenvalue weighted by Gasteiger charge is 2.43. The van der Waals surface area contributed by atoms with E-state index in [9.17, 15) is 5.11 Å². The average molecular weight is 286 g/mol. The van der Waals surface area contributed by atoms with Gasteiger partial charge in [-0.3, -0.25) is 4.90 Å². The average Bonchev–Trinajstić information content (AvgIpc) is 3.07. The van der Waals surface area contributed by atoms with Crippen molar-refractivity contribution in [2.24, 2.45) is 5.92 Å². The maximum atomic E-state index is 10.5. The van der Waals surface area contributed by atoms with Gasteiger partial charge in [0.05, 0.1) is 0 Å². The highest BCUT2D eigenvalue weighted by Crippen LogP contribution is 2.50. The largest absolute Gasteiger partial charge is 0.508 e. The number of hydrogen-bond acceptors (Lipinski definition) is 3. The number of piperidine rings is 1. The fourth-order valence-electron chi connectivity index (χ4n) is 5.10. The van der Waals surface area contributed by atoms with Gasteiger partial charge in [0.2, 0.25) is 0 Å². The minimum Gasteiger partial charge on any atom is -0.508 e. The summed E-state index contributed by atoms with van der Waals surface area (Å²) < 4.78 is 0. The fraction of sp³-hybridized carbons (Fsp3) is 0.667. The van der Waals surface area contributed by atoms with Crippen LogP contribution in [0.3, 0.4) is 0 Å². The summed E-state index contributed by atoms with van der Waals surface area (Å²) in [6, 6.07) is 5.06. The van der Waals surface area contributed by atoms with Gasteiger partial charge in [0.1, 0.15) is 5.75 Å². The summed E-state index contributed by atoms with van der Waals surface area (Å²) in [6.45, 7) is 7.99. The van der Waals surface area contributed by atoms with Crippen molar-refractivity contribution in [3.05, 3.63) is 28.8 Å². The van der Waals surface area contributed by atoms with Gasteiger partial charge in [-0.1, -0.05) is 13.0 Å². The van der Waals surface area contributed by atoms with Crippen LogP contribution in [0.25, 0.3) is 0 Å². The maximum absolute atomic E-state index is 10.5. The molecule has 0 spiro atoms. The molecule has 2 fully saturated rings. The SMILES string of the molecule is Cc1ccc(O)c2c1C(C)CC2N1CCCC2CNCC21. The van der Waals surface area contributed by atoms with E-state index in [0.717, 1.165) is 18.9 Å². The van der Waals surface area contributed by atoms with Gasteiger partial charge in [0.15, 0.2) is 0 Å². The van der Waals surface area contributed by atoms with Crippen molar-refractivity contribution < 1.29 is 5.11 Å². The van der Waals surface area contributed by atoms with E-state index in [1.165, 1.54) is 42.6 Å². The molecule has 0 radical (unpaired) electrons. The fourth-order valence-corrected chi connectivity index (χ4v) is 5.10. The lowest BCUT2D eigenvalue weighted by atomic mass is 9.89. The summed E-state index contributed by atoms with van der Waals surface area (Å²) in [5, 5.41) is 14.0. The van der Waals surface area contributed by atoms with Crippen LogP contribution in [0.2, 0.25) is 0 Å². The Hall–Kier alpha value is -1.06. The Labute approximate surface area is 127 Å². The van der Waals surface area contributed by atoms with Crippen LogP contribution in [-0.2, 0) is 0 Å². The highest BCUT2D eigenvalue weighted by molar-refractivity contribution is 5.51. The molecule has 114 valence electrons. The molecule has 0 saturated carbocycles. The summed E-state index contributed by atoms with van der Waals surface area (Å²) in [5.74, 6) is 1.88. The van der Waals surface area contributed by atoms with Crippen LogP contribution in [0.15, 0.2) is 12.1 Å². The molecular weight excluding hydrogens is 260 g/mol. The van der Waals surface area contributed by atoms with Crippen molar-refractivity contribution >= 4 is 0 Å². The Kier molecular flexibility index (Phi) is 3.23. The number of benzene rings is 1. The number of phenols is 1. The van der Waals surface area contributed by atoms with E-state index in [4.69, 9.17) is 0 Å². The van der Waals surface area contributed by atoms with Crippen LogP contribution in [0.5, 0.6) is 5.75 Å². The molecule has 4 atom stereocenters. The van der Waals surface area contributed by atoms with Crippen LogP contribution >= 0.6 is 0 Å². The van der Waals surface area contributed by atoms with Crippen molar-refractivity contribution in [2.45, 2.75) is 51.1 Å². The van der Waals surface area contributed by atoms with Crippen LogP contribution in [0, 0.1) is 12.8 Å². The number of nitrogens with one attached hydrogen (secondary N) is 1. The summed E-state index contributed by atoms with van der Waals surface area (Å²) in [6.07, 6.45) is 3.83. The van der Waals surface area contributed by atoms with Gasteiger partial charge in [0.25, 0.3) is 0 Å². The van der Waals surface area contributed by atoms with Gasteiger partial charge >= 0.3 is 0 Å². The number of nitrogens with zero attached hydrogens (tertiary/aromatic N) is 1. The molecule has 21 heavy (non-hydrogen) atoms. The Morgan fingerprint density at radius 1 is 1.24 bits per heavy atom. The smallest absolute Gasteiger partial charge is 0.120 e. The maximum Gasteiger partial charge on any atom is 0.120 e. The van der Waals surface area contributed by atoms with Crippen molar-refractivity contribution in [3.63, 3.8) is 0 Å². The summed E-state index contributed by atoms with van der Waals surface area (Å²) in [7, 11) is 0. The van der Waals surface area contributed by atoms with E-state index < -0.39 is 0 Å². The van der Waals surface area contributed by atoms with E-state index in [2.05, 4.69) is 30.1 Å². The van der Waals surface area contributed by atoms with Gasteiger partial charge in [-0.05, 0) is 68.3 Å². The van der Waals surface area contributed by atoms with Crippen LogP contribution < -0.4 is 5.32 Å². The van der Waals surface area contributed by atoms with Gasteiger partial charge in [-0.2, -0.15) is 0 Å². The minimum atomic E-state index is 0.419. The summed E-state index contributed by atoms with van der Waals surface area (Å²) >= 11 is 0. The van der Waals surface area contributed by atoms with E-state index >= 15 is 0 Å². The van der Waals surface area contributed by atoms with E-state index in [1.807, 2.05) is 6.07 Å². The number of rotatable bonds is 1. The molecule has 1 aromatic rings. The molecule has 0 bridgehead atoms. The molecular formula is C18H26N2O. The first-order valence-corrected chi connectivity index (χ1v) is 8.45. The number of fused-ring (bicyclic) bond motifs is 2. The summed E-state index contributed by atoms with van der Waals surface area (Å²) in [5.41, 5.74) is 3.99. The standard InChI is InChI=1S/C18H26N2O/c1-11-5-6-16(21)18-14(8-12(2)17(11)18)20-7-3-4-13-9-19-10-15(13)20/h5-6,12-15,19,21H,3-4,7-10H2,1-2H3. The molecule has 3 aliphatic rings. The van der Waals surface area contributed by atoms with Gasteiger partial charge < -0.3 is 10.4 Å². The molecule has 4 rings (SSSR count). The zero-order chi connectivity index (χ0) is 14.6. The molecule has 2 saturated heterocycles. The molecule has 2 N–H and O–H groups in total. The molecule has 1 aliphatic carbocycles. The number of hydrogen-bond donors (Lipinski definition) is 2. The number of aromatic hydroxyl groups is 1. The normalized spacial score (nSPS) is 35.7. The van der Waals surface area contributed by atoms with Gasteiger partial charge in [-0.25, -0.2) is 0 Å². The topological polar surface area (TPSA) is 35.5 Å². The Balaban J connectivity index is 1.73. The molecule has 2 aliphatic heterocycles. The zero-order valence-electron chi connectivity index (χ0n) is 13.1. The quantitative estimate of drug-likeness (QED) is 0.833. The zero-order valence-corrected chi connectivity index (χ0v) is 13.1. The second-order valence-electron chi connectivity index (χ2n) is 7.25. The van der Waals surface area contributed by atoms with Crippen LogP contribution in [0.1, 0.15) is 54.8 Å². The lowest BCUT2D eigenvalue weighted by Gasteiger charge is -2.41. The van der Waals surface area contributed by atoms with Crippen LogP contribution in [0.4, 0.5) is 0 Å². The van der Waals surface area contributed by atoms with E-state index in [-0.39, 0.29) is 0 Å². The van der Waals surface area contributed by atoms with Crippen LogP contribution in [-0.4, -0.2) is 35.7 Å². The summed E-state index contributed by atoms with van der Waals surface area (Å²) in [4.78, 5) is 2.70. The van der Waals surface area contributed by atoms with Crippen molar-refractivity contribution in [1.82, 2.24) is 10.2 Å². The van der Waals surface area contributed by atoms with Crippen molar-refractivity contribution in [3.8, 4) is 5.75 Å². The first-order chi connectivity index (χ1) is 10.2. The number of aryl methyl sites for hydroxylation is 1. The Morgan fingerprint density at radius 3 is 2.95 bits per heavy atom. The minimum absolute atomic E-state index is 0.419.